The Morgan fingerprint density at radius 3 is 2.69 bits per heavy atom. The van der Waals surface area contributed by atoms with Crippen LogP contribution >= 0.6 is 11.3 Å². The number of rotatable bonds is 3. The Balaban J connectivity index is 1.58. The molecule has 1 aromatic carbocycles. The lowest BCUT2D eigenvalue weighted by molar-refractivity contribution is 0.0527. The molecule has 0 spiro atoms. The van der Waals surface area contributed by atoms with Crippen LogP contribution in [-0.4, -0.2) is 65.1 Å². The molecule has 2 atom stereocenters. The third-order valence-corrected chi connectivity index (χ3v) is 7.75. The SMILES string of the molecule is CCOC(=O)c1c(=O)c2cnc(N3CC4CN(C)CC4C3)nc2n2c1sc1ccccc12. The lowest BCUT2D eigenvalue weighted by Gasteiger charge is -2.19. The van der Waals surface area contributed by atoms with Gasteiger partial charge in [0.05, 0.1) is 22.2 Å². The van der Waals surface area contributed by atoms with E-state index in [1.54, 1.807) is 13.1 Å². The minimum absolute atomic E-state index is 0.0515. The fourth-order valence-electron chi connectivity index (χ4n) is 5.21. The number of fused-ring (bicyclic) bond motifs is 6. The molecule has 0 N–H and O–H groups in total. The smallest absolute Gasteiger partial charge is 0.345 e. The van der Waals surface area contributed by atoms with Gasteiger partial charge in [0.15, 0.2) is 5.65 Å². The molecule has 0 radical (unpaired) electrons. The van der Waals surface area contributed by atoms with Gasteiger partial charge in [-0.3, -0.25) is 9.20 Å². The molecule has 4 aromatic rings. The summed E-state index contributed by atoms with van der Waals surface area (Å²) in [6, 6.07) is 7.86. The zero-order valence-corrected chi connectivity index (χ0v) is 18.8. The van der Waals surface area contributed by atoms with Crippen LogP contribution in [0.2, 0.25) is 0 Å². The Morgan fingerprint density at radius 1 is 1.19 bits per heavy atom. The van der Waals surface area contributed by atoms with Gasteiger partial charge >= 0.3 is 5.97 Å². The molecule has 164 valence electrons. The van der Waals surface area contributed by atoms with Crippen molar-refractivity contribution in [1.82, 2.24) is 19.3 Å². The maximum Gasteiger partial charge on any atom is 0.345 e. The summed E-state index contributed by atoms with van der Waals surface area (Å²) in [6.07, 6.45) is 1.57. The molecule has 6 rings (SSSR count). The van der Waals surface area contributed by atoms with Gasteiger partial charge in [0.25, 0.3) is 0 Å². The van der Waals surface area contributed by atoms with Gasteiger partial charge in [-0.2, -0.15) is 4.98 Å². The van der Waals surface area contributed by atoms with Crippen LogP contribution in [0.3, 0.4) is 0 Å². The van der Waals surface area contributed by atoms with E-state index < -0.39 is 5.97 Å². The van der Waals surface area contributed by atoms with E-state index in [2.05, 4.69) is 21.8 Å². The van der Waals surface area contributed by atoms with E-state index in [-0.39, 0.29) is 17.6 Å². The maximum absolute atomic E-state index is 13.4. The van der Waals surface area contributed by atoms with Crippen molar-refractivity contribution in [3.8, 4) is 0 Å². The average molecular weight is 450 g/mol. The van der Waals surface area contributed by atoms with Gasteiger partial charge in [-0.1, -0.05) is 12.1 Å². The Morgan fingerprint density at radius 2 is 1.94 bits per heavy atom. The van der Waals surface area contributed by atoms with Crippen LogP contribution < -0.4 is 10.3 Å². The van der Waals surface area contributed by atoms with Crippen LogP contribution in [-0.2, 0) is 4.74 Å². The summed E-state index contributed by atoms with van der Waals surface area (Å²) in [5.74, 6) is 1.27. The molecule has 0 aliphatic carbocycles. The average Bonchev–Trinajstić information content (AvgIpc) is 3.44. The van der Waals surface area contributed by atoms with Crippen LogP contribution in [0.25, 0.3) is 26.1 Å². The molecule has 0 saturated carbocycles. The Bertz CT molecular complexity index is 1430. The van der Waals surface area contributed by atoms with Crippen molar-refractivity contribution in [2.24, 2.45) is 11.8 Å². The molecule has 3 aromatic heterocycles. The van der Waals surface area contributed by atoms with Crippen molar-refractivity contribution in [2.45, 2.75) is 6.92 Å². The molecule has 2 unspecified atom stereocenters. The Kier molecular flexibility index (Phi) is 4.44. The molecule has 5 heterocycles. The van der Waals surface area contributed by atoms with Crippen LogP contribution in [0.15, 0.2) is 35.3 Å². The number of hydrogen-bond acceptors (Lipinski definition) is 8. The van der Waals surface area contributed by atoms with Gasteiger partial charge in [-0.15, -0.1) is 11.3 Å². The summed E-state index contributed by atoms with van der Waals surface area (Å²) in [4.78, 5) is 40.7. The van der Waals surface area contributed by atoms with E-state index in [0.717, 1.165) is 36.4 Å². The third-order valence-electron chi connectivity index (χ3n) is 6.60. The highest BCUT2D eigenvalue weighted by molar-refractivity contribution is 7.24. The number of nitrogens with zero attached hydrogens (tertiary/aromatic N) is 5. The van der Waals surface area contributed by atoms with Crippen molar-refractivity contribution in [1.29, 1.82) is 0 Å². The normalized spacial score (nSPS) is 21.1. The predicted molar refractivity (Wildman–Crippen MR) is 125 cm³/mol. The molecule has 9 heteroatoms. The molecule has 2 fully saturated rings. The molecule has 32 heavy (non-hydrogen) atoms. The fraction of sp³-hybridized carbons (Fsp3) is 0.391. The van der Waals surface area contributed by atoms with E-state index in [1.165, 1.54) is 11.3 Å². The maximum atomic E-state index is 13.4. The fourth-order valence-corrected chi connectivity index (χ4v) is 6.39. The molecule has 0 amide bonds. The van der Waals surface area contributed by atoms with Crippen molar-refractivity contribution >= 4 is 49.3 Å². The molecule has 2 saturated heterocycles. The number of ether oxygens (including phenoxy) is 1. The number of carbonyl (C=O) groups excluding carboxylic acids is 1. The molecule has 2 aliphatic rings. The minimum atomic E-state index is -0.607. The number of thiazole rings is 1. The largest absolute Gasteiger partial charge is 0.462 e. The van der Waals surface area contributed by atoms with Crippen LogP contribution in [0.4, 0.5) is 5.95 Å². The van der Waals surface area contributed by atoms with Crippen LogP contribution in [0, 0.1) is 11.8 Å². The van der Waals surface area contributed by atoms with Gasteiger partial charge < -0.3 is 14.5 Å². The first kappa shape index (κ1) is 19.6. The molecule has 2 aliphatic heterocycles. The lowest BCUT2D eigenvalue weighted by atomic mass is 10.0. The van der Waals surface area contributed by atoms with E-state index >= 15 is 0 Å². The first-order valence-electron chi connectivity index (χ1n) is 10.9. The van der Waals surface area contributed by atoms with Gasteiger partial charge in [0.2, 0.25) is 11.4 Å². The highest BCUT2D eigenvalue weighted by Gasteiger charge is 2.39. The van der Waals surface area contributed by atoms with Gasteiger partial charge in [-0.25, -0.2) is 9.78 Å². The summed E-state index contributed by atoms with van der Waals surface area (Å²) in [5, 5.41) is 0.331. The number of pyridine rings is 1. The minimum Gasteiger partial charge on any atom is -0.462 e. The monoisotopic (exact) mass is 449 g/mol. The second-order valence-corrected chi connectivity index (χ2v) is 9.72. The van der Waals surface area contributed by atoms with Gasteiger partial charge in [-0.05, 0) is 37.9 Å². The molecule has 0 bridgehead atoms. The molecular weight excluding hydrogens is 426 g/mol. The van der Waals surface area contributed by atoms with Gasteiger partial charge in [0, 0.05) is 32.4 Å². The summed E-state index contributed by atoms with van der Waals surface area (Å²) in [7, 11) is 2.17. The number of hydrogen-bond donors (Lipinski definition) is 0. The zero-order valence-electron chi connectivity index (χ0n) is 17.9. The van der Waals surface area contributed by atoms with Crippen molar-refractivity contribution in [3.63, 3.8) is 0 Å². The van der Waals surface area contributed by atoms with Crippen molar-refractivity contribution in [2.75, 3.05) is 44.7 Å². The second kappa shape index (κ2) is 7.25. The Hall–Kier alpha value is -3.04. The number of benzene rings is 1. The number of aromatic nitrogens is 3. The third kappa shape index (κ3) is 2.84. The van der Waals surface area contributed by atoms with Crippen molar-refractivity contribution in [3.05, 3.63) is 46.2 Å². The summed E-state index contributed by atoms with van der Waals surface area (Å²) >= 11 is 1.41. The first-order valence-corrected chi connectivity index (χ1v) is 11.7. The van der Waals surface area contributed by atoms with E-state index in [4.69, 9.17) is 9.72 Å². The topological polar surface area (TPSA) is 80.0 Å². The Labute approximate surface area is 188 Å². The summed E-state index contributed by atoms with van der Waals surface area (Å²) in [6.45, 7) is 5.97. The molecular formula is C23H23N5O3S. The number of esters is 1. The highest BCUT2D eigenvalue weighted by Crippen LogP contribution is 2.34. The quantitative estimate of drug-likeness (QED) is 0.445. The summed E-state index contributed by atoms with van der Waals surface area (Å²) < 4.78 is 8.11. The number of anilines is 1. The second-order valence-electron chi connectivity index (χ2n) is 8.69. The number of likely N-dealkylation sites (tertiary alicyclic amines) is 1. The standard InChI is InChI=1S/C23H23N5O3S/c1-3-31-22(30)18-19(29)15-8-24-23(27-11-13-9-26(2)10-14(13)12-27)25-20(15)28-16-6-4-5-7-17(16)32-21(18)28/h4-8,13-14H,3,9-12H2,1-2H3. The highest BCUT2D eigenvalue weighted by atomic mass is 32.1. The zero-order chi connectivity index (χ0) is 22.0. The molecule has 8 nitrogen and oxygen atoms in total. The first-order chi connectivity index (χ1) is 15.5. The van der Waals surface area contributed by atoms with Crippen LogP contribution in [0.5, 0.6) is 0 Å². The lowest BCUT2D eigenvalue weighted by Crippen LogP contribution is -2.28. The summed E-state index contributed by atoms with van der Waals surface area (Å²) in [5.41, 5.74) is 1.12. The van der Waals surface area contributed by atoms with Crippen LogP contribution in [0.1, 0.15) is 17.3 Å². The van der Waals surface area contributed by atoms with E-state index in [1.807, 2.05) is 28.7 Å². The van der Waals surface area contributed by atoms with E-state index in [9.17, 15) is 9.59 Å². The van der Waals surface area contributed by atoms with Gasteiger partial charge in [0.1, 0.15) is 10.4 Å². The number of carbonyl (C=O) groups is 1. The van der Waals surface area contributed by atoms with Crippen molar-refractivity contribution < 1.29 is 9.53 Å². The van der Waals surface area contributed by atoms with E-state index in [0.29, 0.717) is 33.6 Å². The predicted octanol–water partition coefficient (Wildman–Crippen LogP) is 2.63. The number of para-hydroxylation sites is 1.